The average molecular weight is 440 g/mol. The normalized spacial score (nSPS) is 18.3. The largest absolute Gasteiger partial charge is 0.461 e. The number of nitrogens with one attached hydrogen (secondary N) is 2. The van der Waals surface area contributed by atoms with Crippen molar-refractivity contribution in [1.82, 2.24) is 20.8 Å². The van der Waals surface area contributed by atoms with Crippen LogP contribution in [0.15, 0.2) is 42.7 Å². The molecule has 3 N–H and O–H groups in total. The SMILES string of the molecule is O=C(NO)c1cnc(N2CCC(N[C@H](C(=O)OC3CCCC3)c3ccccc3)CC2)nc1. The lowest BCUT2D eigenvalue weighted by molar-refractivity contribution is -0.151. The van der Waals surface area contributed by atoms with E-state index in [1.54, 1.807) is 5.48 Å². The number of carbonyl (C=O) groups excluding carboxylic acids is 2. The number of nitrogens with zero attached hydrogens (tertiary/aromatic N) is 3. The Bertz CT molecular complexity index is 894. The van der Waals surface area contributed by atoms with Crippen LogP contribution in [0, 0.1) is 0 Å². The fraction of sp³-hybridized carbons (Fsp3) is 0.478. The maximum absolute atomic E-state index is 13.0. The molecule has 0 unspecified atom stereocenters. The minimum atomic E-state index is -0.643. The fourth-order valence-electron chi connectivity index (χ4n) is 4.33. The van der Waals surface area contributed by atoms with Crippen molar-refractivity contribution in [2.75, 3.05) is 18.0 Å². The Labute approximate surface area is 187 Å². The maximum atomic E-state index is 13.0. The molecule has 32 heavy (non-hydrogen) atoms. The highest BCUT2D eigenvalue weighted by molar-refractivity contribution is 5.92. The van der Waals surface area contributed by atoms with Crippen LogP contribution in [0.1, 0.15) is 60.5 Å². The summed E-state index contributed by atoms with van der Waals surface area (Å²) in [5.41, 5.74) is 2.68. The highest BCUT2D eigenvalue weighted by atomic mass is 16.5. The first kappa shape index (κ1) is 22.2. The third-order valence-corrected chi connectivity index (χ3v) is 6.14. The van der Waals surface area contributed by atoms with E-state index in [4.69, 9.17) is 9.94 Å². The molecule has 1 saturated carbocycles. The molecule has 1 aliphatic heterocycles. The first-order valence-electron chi connectivity index (χ1n) is 11.2. The van der Waals surface area contributed by atoms with Gasteiger partial charge in [-0.1, -0.05) is 30.3 Å². The summed E-state index contributed by atoms with van der Waals surface area (Å²) >= 11 is 0. The molecular formula is C23H29N5O4. The lowest BCUT2D eigenvalue weighted by Gasteiger charge is -2.34. The van der Waals surface area contributed by atoms with E-state index in [1.807, 2.05) is 35.2 Å². The molecule has 1 aromatic carbocycles. The van der Waals surface area contributed by atoms with Crippen LogP contribution in [-0.4, -0.2) is 52.3 Å². The van der Waals surface area contributed by atoms with E-state index in [0.29, 0.717) is 5.95 Å². The molecule has 2 heterocycles. The van der Waals surface area contributed by atoms with Gasteiger partial charge in [-0.25, -0.2) is 20.2 Å². The van der Waals surface area contributed by atoms with Crippen molar-refractivity contribution in [3.63, 3.8) is 0 Å². The van der Waals surface area contributed by atoms with Gasteiger partial charge >= 0.3 is 5.97 Å². The Hall–Kier alpha value is -3.04. The summed E-state index contributed by atoms with van der Waals surface area (Å²) in [7, 11) is 0. The summed E-state index contributed by atoms with van der Waals surface area (Å²) < 4.78 is 5.82. The van der Waals surface area contributed by atoms with E-state index in [9.17, 15) is 9.59 Å². The number of amides is 1. The Morgan fingerprint density at radius 2 is 1.69 bits per heavy atom. The molecule has 0 spiro atoms. The van der Waals surface area contributed by atoms with Gasteiger partial charge in [-0.05, 0) is 44.1 Å². The second-order valence-electron chi connectivity index (χ2n) is 8.33. The lowest BCUT2D eigenvalue weighted by atomic mass is 10.0. The van der Waals surface area contributed by atoms with Crippen LogP contribution in [0.25, 0.3) is 0 Å². The molecule has 1 atom stereocenters. The highest BCUT2D eigenvalue weighted by Crippen LogP contribution is 2.25. The van der Waals surface area contributed by atoms with Crippen LogP contribution < -0.4 is 15.7 Å². The van der Waals surface area contributed by atoms with Crippen molar-refractivity contribution in [2.45, 2.75) is 56.7 Å². The number of hydrogen-bond acceptors (Lipinski definition) is 8. The van der Waals surface area contributed by atoms with Crippen LogP contribution in [0.4, 0.5) is 5.95 Å². The van der Waals surface area contributed by atoms with E-state index < -0.39 is 11.9 Å². The van der Waals surface area contributed by atoms with Gasteiger partial charge in [0.2, 0.25) is 5.95 Å². The second kappa shape index (κ2) is 10.5. The zero-order chi connectivity index (χ0) is 22.3. The Morgan fingerprint density at radius 1 is 1.03 bits per heavy atom. The molecule has 1 amide bonds. The quantitative estimate of drug-likeness (QED) is 0.342. The first-order chi connectivity index (χ1) is 15.6. The Balaban J connectivity index is 1.36. The average Bonchev–Trinajstić information content (AvgIpc) is 3.36. The molecule has 0 bridgehead atoms. The molecule has 1 aromatic heterocycles. The number of esters is 1. The van der Waals surface area contributed by atoms with Crippen molar-refractivity contribution in [2.24, 2.45) is 0 Å². The van der Waals surface area contributed by atoms with Crippen molar-refractivity contribution in [3.8, 4) is 0 Å². The standard InChI is InChI=1S/C23H29N5O4/c29-21(27-31)17-14-24-23(25-15-17)28-12-10-18(11-13-28)26-20(16-6-2-1-3-7-16)22(30)32-19-8-4-5-9-19/h1-3,6-7,14-15,18-20,26,31H,4-5,8-13H2,(H,27,29)/t20-/m0/s1. The number of benzene rings is 1. The monoisotopic (exact) mass is 439 g/mol. The molecule has 2 aliphatic rings. The summed E-state index contributed by atoms with van der Waals surface area (Å²) in [5.74, 6) is -0.305. The van der Waals surface area contributed by atoms with E-state index in [-0.39, 0.29) is 23.7 Å². The van der Waals surface area contributed by atoms with Crippen LogP contribution in [0.5, 0.6) is 0 Å². The van der Waals surface area contributed by atoms with Gasteiger partial charge in [0, 0.05) is 31.5 Å². The van der Waals surface area contributed by atoms with E-state index in [0.717, 1.165) is 57.2 Å². The number of hydroxylamine groups is 1. The zero-order valence-electron chi connectivity index (χ0n) is 17.9. The van der Waals surface area contributed by atoms with Crippen molar-refractivity contribution in [1.29, 1.82) is 0 Å². The molecule has 9 nitrogen and oxygen atoms in total. The minimum Gasteiger partial charge on any atom is -0.461 e. The number of anilines is 1. The maximum Gasteiger partial charge on any atom is 0.328 e. The summed E-state index contributed by atoms with van der Waals surface area (Å²) in [6.45, 7) is 1.45. The van der Waals surface area contributed by atoms with Crippen LogP contribution in [0.2, 0.25) is 0 Å². The lowest BCUT2D eigenvalue weighted by Crippen LogP contribution is -2.46. The van der Waals surface area contributed by atoms with Gasteiger partial charge in [-0.15, -0.1) is 0 Å². The highest BCUT2D eigenvalue weighted by Gasteiger charge is 2.30. The van der Waals surface area contributed by atoms with Gasteiger partial charge in [0.05, 0.1) is 5.56 Å². The van der Waals surface area contributed by atoms with Gasteiger partial charge in [0.25, 0.3) is 5.91 Å². The van der Waals surface area contributed by atoms with Crippen molar-refractivity contribution in [3.05, 3.63) is 53.9 Å². The molecule has 1 aliphatic carbocycles. The van der Waals surface area contributed by atoms with E-state index in [1.165, 1.54) is 12.4 Å². The summed E-state index contributed by atoms with van der Waals surface area (Å²) in [6, 6.07) is 9.41. The molecule has 0 radical (unpaired) electrons. The molecule has 2 aromatic rings. The molecule has 170 valence electrons. The van der Waals surface area contributed by atoms with Gasteiger partial charge in [-0.3, -0.25) is 15.3 Å². The van der Waals surface area contributed by atoms with Crippen molar-refractivity contribution < 1.29 is 19.5 Å². The summed E-state index contributed by atoms with van der Waals surface area (Å²) in [6.07, 6.45) is 8.59. The van der Waals surface area contributed by atoms with E-state index in [2.05, 4.69) is 15.3 Å². The second-order valence-corrected chi connectivity index (χ2v) is 8.33. The summed E-state index contributed by atoms with van der Waals surface area (Å²) in [4.78, 5) is 35.0. The topological polar surface area (TPSA) is 117 Å². The molecule has 9 heteroatoms. The number of aromatic nitrogens is 2. The van der Waals surface area contributed by atoms with Crippen LogP contribution in [0.3, 0.4) is 0 Å². The molecule has 4 rings (SSSR count). The van der Waals surface area contributed by atoms with Crippen LogP contribution in [-0.2, 0) is 9.53 Å². The first-order valence-corrected chi connectivity index (χ1v) is 11.2. The zero-order valence-corrected chi connectivity index (χ0v) is 17.9. The van der Waals surface area contributed by atoms with Gasteiger partial charge in [0.15, 0.2) is 0 Å². The number of piperidine rings is 1. The molecule has 1 saturated heterocycles. The molecule has 2 fully saturated rings. The van der Waals surface area contributed by atoms with Crippen LogP contribution >= 0.6 is 0 Å². The molecular weight excluding hydrogens is 410 g/mol. The predicted octanol–water partition coefficient (Wildman–Crippen LogP) is 2.38. The summed E-state index contributed by atoms with van der Waals surface area (Å²) in [5, 5.41) is 12.2. The minimum absolute atomic E-state index is 0.0328. The smallest absolute Gasteiger partial charge is 0.328 e. The Morgan fingerprint density at radius 3 is 2.31 bits per heavy atom. The number of hydrogen-bond donors (Lipinski definition) is 3. The fourth-order valence-corrected chi connectivity index (χ4v) is 4.33. The number of carbonyl (C=O) groups is 2. The Kier molecular flexibility index (Phi) is 7.28. The number of rotatable bonds is 7. The van der Waals surface area contributed by atoms with Gasteiger partial charge < -0.3 is 9.64 Å². The third kappa shape index (κ3) is 5.41. The van der Waals surface area contributed by atoms with E-state index >= 15 is 0 Å². The van der Waals surface area contributed by atoms with Gasteiger partial charge in [-0.2, -0.15) is 0 Å². The van der Waals surface area contributed by atoms with Crippen molar-refractivity contribution >= 4 is 17.8 Å². The number of ether oxygens (including phenoxy) is 1. The third-order valence-electron chi connectivity index (χ3n) is 6.14. The predicted molar refractivity (Wildman–Crippen MR) is 117 cm³/mol. The van der Waals surface area contributed by atoms with Gasteiger partial charge in [0.1, 0.15) is 12.1 Å².